The zero-order valence-corrected chi connectivity index (χ0v) is 4.74. The van der Waals surface area contributed by atoms with Gasteiger partial charge in [0.25, 0.3) is 0 Å². The van der Waals surface area contributed by atoms with E-state index in [1.165, 1.54) is 0 Å². The molecule has 5 radical (unpaired) electrons. The first-order valence-electron chi connectivity index (χ1n) is 0. The minimum atomic E-state index is 0. The Morgan fingerprint density at radius 1 is 1.00 bits per heavy atom. The Labute approximate surface area is 53.0 Å². The van der Waals surface area contributed by atoms with E-state index in [0.29, 0.717) is 0 Å². The van der Waals surface area contributed by atoms with Crippen LogP contribution in [0.25, 0.3) is 0 Å². The van der Waals surface area contributed by atoms with Gasteiger partial charge in [-0.15, -0.1) is 0 Å². The van der Waals surface area contributed by atoms with Crippen molar-refractivity contribution in [2.45, 2.75) is 7.43 Å². The molecule has 0 aromatic carbocycles. The van der Waals surface area contributed by atoms with E-state index in [9.17, 15) is 0 Å². The number of hydrogen-bond acceptors (Lipinski definition) is 0. The second-order valence-electron chi connectivity index (χ2n) is 0. The van der Waals surface area contributed by atoms with Crippen LogP contribution < -0.4 is 0 Å². The van der Waals surface area contributed by atoms with Gasteiger partial charge in [0.05, 0.1) is 0 Å². The Balaban J connectivity index is 0. The van der Waals surface area contributed by atoms with E-state index in [1.807, 2.05) is 0 Å². The van der Waals surface area contributed by atoms with Crippen molar-refractivity contribution in [2.24, 2.45) is 0 Å². The molecule has 0 saturated carbocycles. The molecule has 0 amide bonds. The first-order valence-corrected chi connectivity index (χ1v) is 0. The van der Waals surface area contributed by atoms with Crippen LogP contribution in [0.15, 0.2) is 0 Å². The van der Waals surface area contributed by atoms with Crippen LogP contribution in [0.1, 0.15) is 7.43 Å². The summed E-state index contributed by atoms with van der Waals surface area (Å²) >= 11 is 0. The van der Waals surface area contributed by atoms with E-state index in [-0.39, 0.29) is 52.8 Å². The largest absolute Gasteiger partial charge is 0.0776 e. The van der Waals surface area contributed by atoms with Crippen LogP contribution in [0.2, 0.25) is 0 Å². The maximum absolute atomic E-state index is 0. The van der Waals surface area contributed by atoms with Crippen molar-refractivity contribution in [2.75, 3.05) is 0 Å². The molecule has 4 heavy (non-hydrogen) atoms. The Hall–Kier alpha value is 1.27. The van der Waals surface area contributed by atoms with Gasteiger partial charge < -0.3 is 0 Å². The zero-order valence-electron chi connectivity index (χ0n) is 1.29. The summed E-state index contributed by atoms with van der Waals surface area (Å²) in [5.41, 5.74) is 0. The smallest absolute Gasteiger partial charge is 0 e. The summed E-state index contributed by atoms with van der Waals surface area (Å²) in [6, 6.07) is 0. The summed E-state index contributed by atoms with van der Waals surface area (Å²) in [5.74, 6) is 0. The molecule has 0 atom stereocenters. The van der Waals surface area contributed by atoms with Gasteiger partial charge in [0.2, 0.25) is 0 Å². The van der Waals surface area contributed by atoms with Gasteiger partial charge >= 0.3 is 0 Å². The zero-order chi connectivity index (χ0) is 0. The summed E-state index contributed by atoms with van der Waals surface area (Å²) in [6.07, 6.45) is 0. The second-order valence-corrected chi connectivity index (χ2v) is 0. The van der Waals surface area contributed by atoms with Crippen LogP contribution in [0.4, 0.5) is 0 Å². The normalized spacial score (nSPS) is 0. The van der Waals surface area contributed by atoms with Crippen LogP contribution in [0, 0.1) is 0 Å². The Morgan fingerprint density at radius 2 is 1.00 bits per heavy atom. The van der Waals surface area contributed by atoms with Crippen molar-refractivity contribution >= 4 is 11.0 Å². The second kappa shape index (κ2) is 28.3. The number of rotatable bonds is 0. The van der Waals surface area contributed by atoms with Gasteiger partial charge in [-0.1, -0.05) is 7.43 Å². The Bertz CT molecular complexity index is 8.00. The van der Waals surface area contributed by atoms with E-state index in [1.54, 1.807) is 0 Å². The number of hydrogen-bond donors (Lipinski definition) is 0. The maximum Gasteiger partial charge on any atom is 0 e. The molecular formula is CH4CrMnSi. The third-order valence-corrected chi connectivity index (χ3v) is 0. The van der Waals surface area contributed by atoms with Crippen LogP contribution in [-0.4, -0.2) is 11.0 Å². The quantitative estimate of drug-likeness (QED) is 0.435. The minimum Gasteiger partial charge on any atom is -0.0776 e. The van der Waals surface area contributed by atoms with Crippen molar-refractivity contribution in [3.63, 3.8) is 0 Å². The molecule has 0 rings (SSSR count). The molecular weight excluding hydrogens is 147 g/mol. The molecule has 0 spiro atoms. The molecule has 0 saturated heterocycles. The average molecular weight is 151 g/mol. The van der Waals surface area contributed by atoms with Crippen molar-refractivity contribution in [3.8, 4) is 0 Å². The van der Waals surface area contributed by atoms with Crippen molar-refractivity contribution in [3.05, 3.63) is 0 Å². The van der Waals surface area contributed by atoms with Crippen molar-refractivity contribution < 1.29 is 34.4 Å². The molecule has 0 aliphatic heterocycles. The van der Waals surface area contributed by atoms with Crippen LogP contribution in [0.3, 0.4) is 0 Å². The first-order chi connectivity index (χ1) is 0. The fourth-order valence-corrected chi connectivity index (χ4v) is 0. The van der Waals surface area contributed by atoms with Gasteiger partial charge in [0.15, 0.2) is 0 Å². The molecule has 0 N–H and O–H groups in total. The fourth-order valence-electron chi connectivity index (χ4n) is 0. The minimum absolute atomic E-state index is 0. The van der Waals surface area contributed by atoms with Gasteiger partial charge in [-0.2, -0.15) is 0 Å². The molecule has 0 aliphatic carbocycles. The Kier molecular flexibility index (Phi) is 422. The molecule has 0 heterocycles. The van der Waals surface area contributed by atoms with Gasteiger partial charge in [-0.05, 0) is 0 Å². The maximum atomic E-state index is 0. The third-order valence-electron chi connectivity index (χ3n) is 0. The third kappa shape index (κ3) is 10.5. The van der Waals surface area contributed by atoms with Gasteiger partial charge in [0, 0.05) is 45.4 Å². The van der Waals surface area contributed by atoms with E-state index >= 15 is 0 Å². The average Bonchev–Trinajstić information content (AvgIpc) is 0. The van der Waals surface area contributed by atoms with Crippen molar-refractivity contribution in [1.29, 1.82) is 0 Å². The Morgan fingerprint density at radius 3 is 1.00 bits per heavy atom. The molecule has 0 fully saturated rings. The molecule has 25 valence electrons. The van der Waals surface area contributed by atoms with E-state index < -0.39 is 0 Å². The van der Waals surface area contributed by atoms with Crippen LogP contribution >= 0.6 is 0 Å². The summed E-state index contributed by atoms with van der Waals surface area (Å²) in [7, 11) is 0. The molecule has 0 nitrogen and oxygen atoms in total. The topological polar surface area (TPSA) is 0 Å². The molecule has 0 unspecified atom stereocenters. The SMILES string of the molecule is C.[Cr].[Mn].[Si]. The first kappa shape index (κ1) is 59.6. The summed E-state index contributed by atoms with van der Waals surface area (Å²) in [6.45, 7) is 0. The van der Waals surface area contributed by atoms with Gasteiger partial charge in [0.1, 0.15) is 0 Å². The fraction of sp³-hybridized carbons (Fsp3) is 1.00. The monoisotopic (exact) mass is 151 g/mol. The molecule has 0 aliphatic rings. The standard InChI is InChI=1S/CH4.Cr.Mn.Si/h1H4;;;. The summed E-state index contributed by atoms with van der Waals surface area (Å²) < 4.78 is 0. The predicted octanol–water partition coefficient (Wildman–Crippen LogP) is 0.250. The molecule has 0 aromatic rings. The van der Waals surface area contributed by atoms with E-state index in [4.69, 9.17) is 0 Å². The van der Waals surface area contributed by atoms with Crippen molar-refractivity contribution in [1.82, 2.24) is 0 Å². The van der Waals surface area contributed by atoms with Gasteiger partial charge in [-0.25, -0.2) is 0 Å². The summed E-state index contributed by atoms with van der Waals surface area (Å²) in [4.78, 5) is 0. The van der Waals surface area contributed by atoms with E-state index in [2.05, 4.69) is 0 Å². The van der Waals surface area contributed by atoms with Crippen LogP contribution in [0.5, 0.6) is 0 Å². The van der Waals surface area contributed by atoms with Gasteiger partial charge in [-0.3, -0.25) is 0 Å². The van der Waals surface area contributed by atoms with Crippen LogP contribution in [-0.2, 0) is 34.4 Å². The van der Waals surface area contributed by atoms with E-state index in [0.717, 1.165) is 0 Å². The molecule has 0 aromatic heterocycles. The molecule has 0 bridgehead atoms. The predicted molar refractivity (Wildman–Crippen MR) is 12.5 cm³/mol. The molecule has 3 heteroatoms. The summed E-state index contributed by atoms with van der Waals surface area (Å²) in [5, 5.41) is 0.